The molecule has 0 aliphatic carbocycles. The van der Waals surface area contributed by atoms with E-state index in [4.69, 9.17) is 0 Å². The number of fused-ring (bicyclic) bond motifs is 1. The van der Waals surface area contributed by atoms with Crippen molar-refractivity contribution < 1.29 is 4.79 Å². The average Bonchev–Trinajstić information content (AvgIpc) is 2.47. The minimum Gasteiger partial charge on any atom is -0.337 e. The second-order valence-electron chi connectivity index (χ2n) is 4.89. The summed E-state index contributed by atoms with van der Waals surface area (Å²) in [6, 6.07) is 6.49. The van der Waals surface area contributed by atoms with Crippen LogP contribution in [-0.2, 0) is 11.3 Å². The van der Waals surface area contributed by atoms with Crippen molar-refractivity contribution in [3.05, 3.63) is 29.3 Å². The lowest BCUT2D eigenvalue weighted by molar-refractivity contribution is -0.102. The number of carbonyl (C=O) groups is 1. The Kier molecular flexibility index (Phi) is 4.56. The van der Waals surface area contributed by atoms with Crippen LogP contribution in [0.2, 0.25) is 0 Å². The topological polar surface area (TPSA) is 53.5 Å². The van der Waals surface area contributed by atoms with E-state index in [2.05, 4.69) is 33.8 Å². The lowest BCUT2D eigenvalue weighted by atomic mass is 9.89. The third kappa shape index (κ3) is 2.96. The fourth-order valence-electron chi connectivity index (χ4n) is 2.69. The van der Waals surface area contributed by atoms with E-state index in [0.717, 1.165) is 25.1 Å². The minimum atomic E-state index is 0. The Hall–Kier alpha value is -1.39. The molecule has 19 heavy (non-hydrogen) atoms. The quantitative estimate of drug-likeness (QED) is 0.815. The predicted octanol–water partition coefficient (Wildman–Crippen LogP) is 2.10. The maximum absolute atomic E-state index is 10.7. The number of hydrogen-bond acceptors (Lipinski definition) is 4. The van der Waals surface area contributed by atoms with Gasteiger partial charge in [-0.15, -0.1) is 12.4 Å². The highest BCUT2D eigenvalue weighted by Crippen LogP contribution is 2.30. The molecule has 2 aliphatic rings. The maximum Gasteiger partial charge on any atom is 0.185 e. The van der Waals surface area contributed by atoms with E-state index in [1.54, 1.807) is 0 Å². The summed E-state index contributed by atoms with van der Waals surface area (Å²) < 4.78 is 0. The molecule has 2 N–H and O–H groups in total. The predicted molar refractivity (Wildman–Crippen MR) is 79.4 cm³/mol. The fourth-order valence-corrected chi connectivity index (χ4v) is 2.69. The van der Waals surface area contributed by atoms with E-state index in [1.807, 2.05) is 0 Å². The molecule has 102 valence electrons. The Labute approximate surface area is 119 Å². The summed E-state index contributed by atoms with van der Waals surface area (Å²) in [7, 11) is 0. The molecule has 0 amide bonds. The monoisotopic (exact) mass is 279 g/mol. The largest absolute Gasteiger partial charge is 0.337 e. The van der Waals surface area contributed by atoms with Crippen LogP contribution in [0.3, 0.4) is 0 Å². The molecule has 0 radical (unpaired) electrons. The van der Waals surface area contributed by atoms with E-state index >= 15 is 0 Å². The van der Waals surface area contributed by atoms with E-state index in [1.165, 1.54) is 24.0 Å². The number of halogens is 1. The molecule has 0 atom stereocenters. The van der Waals surface area contributed by atoms with Crippen LogP contribution in [0.5, 0.6) is 0 Å². The fraction of sp³-hybridized carbons (Fsp3) is 0.429. The normalized spacial score (nSPS) is 18.6. The summed E-state index contributed by atoms with van der Waals surface area (Å²) >= 11 is 0. The highest BCUT2D eigenvalue weighted by atomic mass is 35.5. The smallest absolute Gasteiger partial charge is 0.185 e. The van der Waals surface area contributed by atoms with Gasteiger partial charge in [0.15, 0.2) is 12.1 Å². The number of amidine groups is 1. The van der Waals surface area contributed by atoms with Gasteiger partial charge in [0.1, 0.15) is 0 Å². The van der Waals surface area contributed by atoms with Crippen LogP contribution in [0.1, 0.15) is 29.9 Å². The first-order valence-corrected chi connectivity index (χ1v) is 6.47. The van der Waals surface area contributed by atoms with Crippen LogP contribution in [0.25, 0.3) is 0 Å². The number of nitrogens with zero attached hydrogens (tertiary/aromatic N) is 1. The van der Waals surface area contributed by atoms with E-state index in [-0.39, 0.29) is 12.4 Å². The first kappa shape index (κ1) is 14.0. The van der Waals surface area contributed by atoms with E-state index in [0.29, 0.717) is 18.3 Å². The van der Waals surface area contributed by atoms with Crippen LogP contribution >= 0.6 is 12.4 Å². The number of carbonyl (C=O) groups excluding carboxylic acids is 1. The van der Waals surface area contributed by atoms with E-state index < -0.39 is 0 Å². The van der Waals surface area contributed by atoms with Crippen molar-refractivity contribution in [2.24, 2.45) is 4.99 Å². The maximum atomic E-state index is 10.7. The molecule has 0 aromatic heterocycles. The van der Waals surface area contributed by atoms with Gasteiger partial charge in [-0.25, -0.2) is 0 Å². The second kappa shape index (κ2) is 6.17. The van der Waals surface area contributed by atoms with Crippen LogP contribution in [0.15, 0.2) is 23.2 Å². The molecule has 0 bridgehead atoms. The van der Waals surface area contributed by atoms with Gasteiger partial charge in [0.25, 0.3) is 0 Å². The number of anilines is 1. The Balaban J connectivity index is 0.00000133. The van der Waals surface area contributed by atoms with Crippen molar-refractivity contribution in [3.8, 4) is 0 Å². The zero-order chi connectivity index (χ0) is 12.4. The SMILES string of the molecule is Cl.O=CC1=NCc2cc(C3CCNCC3)ccc2N1. The number of hydrogen-bond donors (Lipinski definition) is 2. The van der Waals surface area contributed by atoms with Crippen LogP contribution in [-0.4, -0.2) is 25.2 Å². The van der Waals surface area contributed by atoms with Gasteiger partial charge >= 0.3 is 0 Å². The number of aldehydes is 1. The molecule has 5 heteroatoms. The summed E-state index contributed by atoms with van der Waals surface area (Å²) in [5.74, 6) is 1.09. The van der Waals surface area contributed by atoms with Gasteiger partial charge < -0.3 is 10.6 Å². The van der Waals surface area contributed by atoms with Gasteiger partial charge in [-0.3, -0.25) is 9.79 Å². The van der Waals surface area contributed by atoms with Crippen LogP contribution < -0.4 is 10.6 Å². The second-order valence-corrected chi connectivity index (χ2v) is 4.89. The molecular formula is C14H18ClN3O. The molecule has 1 aromatic carbocycles. The average molecular weight is 280 g/mol. The van der Waals surface area contributed by atoms with Gasteiger partial charge in [0, 0.05) is 5.69 Å². The third-order valence-corrected chi connectivity index (χ3v) is 3.73. The van der Waals surface area contributed by atoms with E-state index in [9.17, 15) is 4.79 Å². The number of piperidine rings is 1. The van der Waals surface area contributed by atoms with Gasteiger partial charge in [-0.1, -0.05) is 12.1 Å². The van der Waals surface area contributed by atoms with Gasteiger partial charge in [0.2, 0.25) is 0 Å². The highest BCUT2D eigenvalue weighted by Gasteiger charge is 2.18. The molecule has 0 unspecified atom stereocenters. The zero-order valence-corrected chi connectivity index (χ0v) is 11.5. The number of rotatable bonds is 2. The third-order valence-electron chi connectivity index (χ3n) is 3.73. The molecule has 1 aromatic rings. The summed E-state index contributed by atoms with van der Waals surface area (Å²) in [6.45, 7) is 2.82. The van der Waals surface area contributed by atoms with Gasteiger partial charge in [-0.05, 0) is 49.0 Å². The minimum absolute atomic E-state index is 0. The van der Waals surface area contributed by atoms with Crippen molar-refractivity contribution in [2.45, 2.75) is 25.3 Å². The first-order chi connectivity index (χ1) is 8.86. The summed E-state index contributed by atoms with van der Waals surface area (Å²) in [5.41, 5.74) is 3.61. The zero-order valence-electron chi connectivity index (χ0n) is 10.7. The Morgan fingerprint density at radius 1 is 1.26 bits per heavy atom. The Morgan fingerprint density at radius 3 is 2.79 bits per heavy atom. The number of aliphatic imine (C=N–C) groups is 1. The standard InChI is InChI=1S/C14H17N3O.ClH/c18-9-14-16-8-12-7-11(1-2-13(12)17-14)10-3-5-15-6-4-10;/h1-2,7,9-10,15H,3-6,8H2,(H,16,17);1H. The molecule has 0 saturated carbocycles. The molecular weight excluding hydrogens is 262 g/mol. The molecule has 2 heterocycles. The van der Waals surface area contributed by atoms with Crippen LogP contribution in [0.4, 0.5) is 5.69 Å². The van der Waals surface area contributed by atoms with Gasteiger partial charge in [0.05, 0.1) is 6.54 Å². The molecule has 4 nitrogen and oxygen atoms in total. The number of nitrogens with one attached hydrogen (secondary N) is 2. The summed E-state index contributed by atoms with van der Waals surface area (Å²) in [4.78, 5) is 14.9. The molecule has 1 fully saturated rings. The Morgan fingerprint density at radius 2 is 2.05 bits per heavy atom. The van der Waals surface area contributed by atoms with Gasteiger partial charge in [-0.2, -0.15) is 0 Å². The lowest BCUT2D eigenvalue weighted by Gasteiger charge is -2.24. The molecule has 0 spiro atoms. The highest BCUT2D eigenvalue weighted by molar-refractivity contribution is 6.33. The van der Waals surface area contributed by atoms with Crippen molar-refractivity contribution in [1.29, 1.82) is 0 Å². The first-order valence-electron chi connectivity index (χ1n) is 6.47. The molecule has 2 aliphatic heterocycles. The summed E-state index contributed by atoms with van der Waals surface area (Å²) in [5, 5.41) is 6.43. The van der Waals surface area contributed by atoms with Crippen molar-refractivity contribution in [1.82, 2.24) is 5.32 Å². The van der Waals surface area contributed by atoms with Crippen molar-refractivity contribution in [2.75, 3.05) is 18.4 Å². The van der Waals surface area contributed by atoms with Crippen molar-refractivity contribution in [3.63, 3.8) is 0 Å². The van der Waals surface area contributed by atoms with Crippen LogP contribution in [0, 0.1) is 0 Å². The summed E-state index contributed by atoms with van der Waals surface area (Å²) in [6.07, 6.45) is 3.17. The van der Waals surface area contributed by atoms with Crippen molar-refractivity contribution >= 4 is 30.2 Å². The number of benzene rings is 1. The Bertz CT molecular complexity index is 495. The lowest BCUT2D eigenvalue weighted by Crippen LogP contribution is -2.26. The molecule has 1 saturated heterocycles. The molecule has 3 rings (SSSR count).